The SMILES string of the molecule is N#CC1(NSc2cccc3ccccc23)CC1. The molecular weight excluding hydrogens is 228 g/mol. The molecule has 1 aliphatic carbocycles. The fourth-order valence-corrected chi connectivity index (χ4v) is 2.80. The van der Waals surface area contributed by atoms with Gasteiger partial charge in [0.2, 0.25) is 0 Å². The molecule has 2 nitrogen and oxygen atoms in total. The summed E-state index contributed by atoms with van der Waals surface area (Å²) >= 11 is 1.57. The third-order valence-corrected chi connectivity index (χ3v) is 4.14. The second-order valence-corrected chi connectivity index (χ2v) is 5.22. The molecule has 0 aromatic heterocycles. The van der Waals surface area contributed by atoms with E-state index in [9.17, 15) is 0 Å². The van der Waals surface area contributed by atoms with Gasteiger partial charge in [-0.05, 0) is 41.6 Å². The second kappa shape index (κ2) is 4.06. The molecule has 1 fully saturated rings. The number of rotatable bonds is 3. The number of hydrogen-bond donors (Lipinski definition) is 1. The van der Waals surface area contributed by atoms with Crippen LogP contribution in [0.3, 0.4) is 0 Å². The number of benzene rings is 2. The van der Waals surface area contributed by atoms with Gasteiger partial charge < -0.3 is 0 Å². The number of nitrogens with one attached hydrogen (secondary N) is 1. The number of nitriles is 1. The van der Waals surface area contributed by atoms with Crippen LogP contribution in [0, 0.1) is 11.3 Å². The maximum Gasteiger partial charge on any atom is 0.116 e. The molecule has 0 bridgehead atoms. The van der Waals surface area contributed by atoms with Crippen LogP contribution in [0.25, 0.3) is 10.8 Å². The van der Waals surface area contributed by atoms with Crippen LogP contribution >= 0.6 is 11.9 Å². The molecule has 0 unspecified atom stereocenters. The van der Waals surface area contributed by atoms with E-state index < -0.39 is 0 Å². The van der Waals surface area contributed by atoms with E-state index in [4.69, 9.17) is 5.26 Å². The highest BCUT2D eigenvalue weighted by molar-refractivity contribution is 7.97. The zero-order chi connectivity index (χ0) is 11.7. The van der Waals surface area contributed by atoms with Crippen molar-refractivity contribution in [1.29, 1.82) is 5.26 Å². The molecule has 84 valence electrons. The normalized spacial score (nSPS) is 16.6. The highest BCUT2D eigenvalue weighted by Gasteiger charge is 2.43. The lowest BCUT2D eigenvalue weighted by molar-refractivity contribution is 0.799. The summed E-state index contributed by atoms with van der Waals surface area (Å²) in [6, 6.07) is 16.9. The van der Waals surface area contributed by atoms with Gasteiger partial charge >= 0.3 is 0 Å². The minimum absolute atomic E-state index is 0.276. The summed E-state index contributed by atoms with van der Waals surface area (Å²) in [6.45, 7) is 0. The van der Waals surface area contributed by atoms with Crippen LogP contribution in [0.15, 0.2) is 47.4 Å². The topological polar surface area (TPSA) is 35.8 Å². The standard InChI is InChI=1S/C14H12N2S/c15-10-14(8-9-14)16-17-13-7-3-5-11-4-1-2-6-12(11)13/h1-7,16H,8-9H2. The molecule has 1 aliphatic rings. The van der Waals surface area contributed by atoms with E-state index in [1.54, 1.807) is 11.9 Å². The van der Waals surface area contributed by atoms with Gasteiger partial charge in [-0.2, -0.15) is 5.26 Å². The molecule has 2 aromatic rings. The number of nitrogens with zero attached hydrogens (tertiary/aromatic N) is 1. The Hall–Kier alpha value is -1.50. The average molecular weight is 240 g/mol. The fourth-order valence-electron chi connectivity index (χ4n) is 1.80. The van der Waals surface area contributed by atoms with Crippen molar-refractivity contribution in [2.75, 3.05) is 0 Å². The van der Waals surface area contributed by atoms with Crippen molar-refractivity contribution in [2.45, 2.75) is 23.3 Å². The molecule has 0 amide bonds. The van der Waals surface area contributed by atoms with Crippen LogP contribution in [0.4, 0.5) is 0 Å². The van der Waals surface area contributed by atoms with Gasteiger partial charge in [-0.15, -0.1) is 0 Å². The molecule has 3 rings (SSSR count). The van der Waals surface area contributed by atoms with Crippen molar-refractivity contribution in [2.24, 2.45) is 0 Å². The van der Waals surface area contributed by atoms with E-state index in [1.807, 2.05) is 12.1 Å². The molecule has 1 saturated carbocycles. The minimum Gasteiger partial charge on any atom is -0.240 e. The van der Waals surface area contributed by atoms with Crippen molar-refractivity contribution >= 4 is 22.7 Å². The van der Waals surface area contributed by atoms with E-state index in [1.165, 1.54) is 15.7 Å². The van der Waals surface area contributed by atoms with E-state index in [-0.39, 0.29) is 5.54 Å². The Morgan fingerprint density at radius 3 is 2.65 bits per heavy atom. The fraction of sp³-hybridized carbons (Fsp3) is 0.214. The van der Waals surface area contributed by atoms with Crippen LogP contribution < -0.4 is 4.72 Å². The Morgan fingerprint density at radius 2 is 1.88 bits per heavy atom. The Bertz CT molecular complexity index is 591. The number of fused-ring (bicyclic) bond motifs is 1. The van der Waals surface area contributed by atoms with E-state index in [0.717, 1.165) is 12.8 Å². The predicted molar refractivity (Wildman–Crippen MR) is 70.5 cm³/mol. The summed E-state index contributed by atoms with van der Waals surface area (Å²) in [5.41, 5.74) is -0.276. The maximum atomic E-state index is 9.02. The quantitative estimate of drug-likeness (QED) is 0.834. The predicted octanol–water partition coefficient (Wildman–Crippen LogP) is 3.49. The van der Waals surface area contributed by atoms with Crippen LogP contribution in [-0.2, 0) is 0 Å². The van der Waals surface area contributed by atoms with Gasteiger partial charge in [-0.3, -0.25) is 0 Å². The Labute approximate surface area is 105 Å². The van der Waals surface area contributed by atoms with Gasteiger partial charge in [-0.1, -0.05) is 36.4 Å². The molecule has 3 heteroatoms. The summed E-state index contributed by atoms with van der Waals surface area (Å²) in [5, 5.41) is 11.5. The molecule has 0 spiro atoms. The van der Waals surface area contributed by atoms with Crippen molar-refractivity contribution in [3.63, 3.8) is 0 Å². The third-order valence-electron chi connectivity index (χ3n) is 3.07. The molecule has 17 heavy (non-hydrogen) atoms. The monoisotopic (exact) mass is 240 g/mol. The van der Waals surface area contributed by atoms with Crippen molar-refractivity contribution in [3.05, 3.63) is 42.5 Å². The molecule has 0 aliphatic heterocycles. The van der Waals surface area contributed by atoms with Gasteiger partial charge in [0.1, 0.15) is 5.54 Å². The molecule has 0 heterocycles. The van der Waals surface area contributed by atoms with E-state index in [2.05, 4.69) is 41.1 Å². The van der Waals surface area contributed by atoms with Gasteiger partial charge in [0.25, 0.3) is 0 Å². The second-order valence-electron chi connectivity index (χ2n) is 4.38. The number of hydrogen-bond acceptors (Lipinski definition) is 3. The lowest BCUT2D eigenvalue weighted by Gasteiger charge is -2.09. The van der Waals surface area contributed by atoms with E-state index in [0.29, 0.717) is 0 Å². The smallest absolute Gasteiger partial charge is 0.116 e. The zero-order valence-corrected chi connectivity index (χ0v) is 10.1. The van der Waals surface area contributed by atoms with Crippen LogP contribution in [0.2, 0.25) is 0 Å². The summed E-state index contributed by atoms with van der Waals surface area (Å²) in [4.78, 5) is 1.18. The van der Waals surface area contributed by atoms with Crippen molar-refractivity contribution < 1.29 is 0 Å². The van der Waals surface area contributed by atoms with Crippen molar-refractivity contribution in [1.82, 2.24) is 4.72 Å². The Balaban J connectivity index is 1.88. The molecule has 2 aromatic carbocycles. The third kappa shape index (κ3) is 2.02. The first-order valence-corrected chi connectivity index (χ1v) is 6.48. The summed E-state index contributed by atoms with van der Waals surface area (Å²) in [5.74, 6) is 0. The molecular formula is C14H12N2S. The Morgan fingerprint density at radius 1 is 1.12 bits per heavy atom. The first-order chi connectivity index (χ1) is 8.33. The minimum atomic E-state index is -0.276. The molecule has 0 radical (unpaired) electrons. The first kappa shape index (κ1) is 10.6. The van der Waals surface area contributed by atoms with Gasteiger partial charge in [0.05, 0.1) is 6.07 Å². The van der Waals surface area contributed by atoms with Gasteiger partial charge in [-0.25, -0.2) is 4.72 Å². The maximum absolute atomic E-state index is 9.02. The summed E-state index contributed by atoms with van der Waals surface area (Å²) in [6.07, 6.45) is 1.92. The van der Waals surface area contributed by atoms with Crippen LogP contribution in [0.1, 0.15) is 12.8 Å². The highest BCUT2D eigenvalue weighted by atomic mass is 32.2. The van der Waals surface area contributed by atoms with Crippen LogP contribution in [-0.4, -0.2) is 5.54 Å². The van der Waals surface area contributed by atoms with Crippen molar-refractivity contribution in [3.8, 4) is 6.07 Å². The zero-order valence-electron chi connectivity index (χ0n) is 9.31. The highest BCUT2D eigenvalue weighted by Crippen LogP contribution is 2.38. The lowest BCUT2D eigenvalue weighted by Crippen LogP contribution is -2.22. The first-order valence-electron chi connectivity index (χ1n) is 5.66. The van der Waals surface area contributed by atoms with Crippen LogP contribution in [0.5, 0.6) is 0 Å². The lowest BCUT2D eigenvalue weighted by atomic mass is 10.1. The molecule has 0 saturated heterocycles. The summed E-state index contributed by atoms with van der Waals surface area (Å²) < 4.78 is 3.28. The van der Waals surface area contributed by atoms with Gasteiger partial charge in [0.15, 0.2) is 0 Å². The average Bonchev–Trinajstić information content (AvgIpc) is 3.17. The largest absolute Gasteiger partial charge is 0.240 e. The molecule has 0 atom stereocenters. The summed E-state index contributed by atoms with van der Waals surface area (Å²) in [7, 11) is 0. The molecule has 1 N–H and O–H groups in total. The van der Waals surface area contributed by atoms with Gasteiger partial charge in [0, 0.05) is 4.90 Å². The van der Waals surface area contributed by atoms with E-state index >= 15 is 0 Å². The Kier molecular flexibility index (Phi) is 2.54.